The molecule has 168 valence electrons. The summed E-state index contributed by atoms with van der Waals surface area (Å²) in [5.41, 5.74) is 2.68. The third-order valence-corrected chi connectivity index (χ3v) is 6.24. The van der Waals surface area contributed by atoms with E-state index in [0.717, 1.165) is 48.8 Å². The summed E-state index contributed by atoms with van der Waals surface area (Å²) < 4.78 is 13.2. The predicted octanol–water partition coefficient (Wildman–Crippen LogP) is 3.58. The minimum Gasteiger partial charge on any atom is -0.484 e. The van der Waals surface area contributed by atoms with Gasteiger partial charge < -0.3 is 19.8 Å². The van der Waals surface area contributed by atoms with Gasteiger partial charge in [-0.25, -0.2) is 0 Å². The molecule has 2 amide bonds. The van der Waals surface area contributed by atoms with Gasteiger partial charge in [0.05, 0.1) is 11.9 Å². The van der Waals surface area contributed by atoms with Crippen molar-refractivity contribution < 1.29 is 18.7 Å². The van der Waals surface area contributed by atoms with E-state index in [9.17, 15) is 9.59 Å². The van der Waals surface area contributed by atoms with Crippen molar-refractivity contribution in [2.24, 2.45) is 0 Å². The lowest BCUT2D eigenvalue weighted by molar-refractivity contribution is -0.122. The van der Waals surface area contributed by atoms with Crippen LogP contribution < -0.4 is 15.4 Å². The molecule has 2 aliphatic carbocycles. The SMILES string of the molecule is O=C(COc1ccc2oc3c(c2c1)CCCC3)Nc1cnn(CC(=O)NC2CCCC2)c1. The highest BCUT2D eigenvalue weighted by Gasteiger charge is 2.19. The number of carbonyl (C=O) groups excluding carboxylic acids is 2. The van der Waals surface area contributed by atoms with E-state index in [4.69, 9.17) is 9.15 Å². The maximum absolute atomic E-state index is 12.3. The van der Waals surface area contributed by atoms with Gasteiger partial charge in [-0.15, -0.1) is 0 Å². The van der Waals surface area contributed by atoms with Crippen molar-refractivity contribution in [2.45, 2.75) is 64.0 Å². The second kappa shape index (κ2) is 9.06. The van der Waals surface area contributed by atoms with Crippen LogP contribution in [0.3, 0.4) is 0 Å². The van der Waals surface area contributed by atoms with Crippen LogP contribution in [0.1, 0.15) is 49.8 Å². The average Bonchev–Trinajstić information content (AvgIpc) is 3.52. The van der Waals surface area contributed by atoms with Gasteiger partial charge in [0.2, 0.25) is 5.91 Å². The summed E-state index contributed by atoms with van der Waals surface area (Å²) in [6.45, 7) is 0.0246. The van der Waals surface area contributed by atoms with Gasteiger partial charge in [0.1, 0.15) is 23.6 Å². The minimum atomic E-state index is -0.283. The summed E-state index contributed by atoms with van der Waals surface area (Å²) in [6.07, 6.45) is 12.0. The molecule has 0 aliphatic heterocycles. The number of aromatic nitrogens is 2. The normalized spacial score (nSPS) is 16.1. The first-order valence-electron chi connectivity index (χ1n) is 11.4. The summed E-state index contributed by atoms with van der Waals surface area (Å²) in [5, 5.41) is 11.0. The molecule has 32 heavy (non-hydrogen) atoms. The van der Waals surface area contributed by atoms with Gasteiger partial charge >= 0.3 is 0 Å². The number of anilines is 1. The van der Waals surface area contributed by atoms with Gasteiger partial charge in [0.25, 0.3) is 5.91 Å². The smallest absolute Gasteiger partial charge is 0.262 e. The fourth-order valence-corrected chi connectivity index (χ4v) is 4.68. The second-order valence-electron chi connectivity index (χ2n) is 8.68. The quantitative estimate of drug-likeness (QED) is 0.590. The number of nitrogens with one attached hydrogen (secondary N) is 2. The van der Waals surface area contributed by atoms with Crippen molar-refractivity contribution in [1.29, 1.82) is 0 Å². The van der Waals surface area contributed by atoms with Crippen LogP contribution >= 0.6 is 0 Å². The molecule has 1 fully saturated rings. The number of amides is 2. The number of hydrogen-bond donors (Lipinski definition) is 2. The Morgan fingerprint density at radius 1 is 1.12 bits per heavy atom. The standard InChI is InChI=1S/C24H28N4O4/c29-23(26-16-5-1-2-6-16)14-28-13-17(12-25-28)27-24(30)15-31-18-9-10-22-20(11-18)19-7-3-4-8-21(19)32-22/h9-13,16H,1-8,14-15H2,(H,26,29)(H,27,30). The fraction of sp³-hybridized carbons (Fsp3) is 0.458. The highest BCUT2D eigenvalue weighted by molar-refractivity contribution is 5.91. The molecule has 2 aromatic heterocycles. The Hall–Kier alpha value is -3.29. The largest absolute Gasteiger partial charge is 0.484 e. The monoisotopic (exact) mass is 436 g/mol. The highest BCUT2D eigenvalue weighted by atomic mass is 16.5. The van der Waals surface area contributed by atoms with Crippen LogP contribution in [0.15, 0.2) is 35.0 Å². The van der Waals surface area contributed by atoms with E-state index in [1.54, 1.807) is 6.20 Å². The number of furan rings is 1. The summed E-state index contributed by atoms with van der Waals surface area (Å²) in [4.78, 5) is 24.5. The van der Waals surface area contributed by atoms with Crippen LogP contribution in [0, 0.1) is 0 Å². The van der Waals surface area contributed by atoms with Gasteiger partial charge in [0, 0.05) is 29.6 Å². The molecular formula is C24H28N4O4. The van der Waals surface area contributed by atoms with Crippen LogP contribution in [0.25, 0.3) is 11.0 Å². The molecule has 2 N–H and O–H groups in total. The Kier molecular flexibility index (Phi) is 5.83. The molecule has 3 aromatic rings. The molecule has 5 rings (SSSR count). The first-order chi connectivity index (χ1) is 15.6. The number of carbonyl (C=O) groups is 2. The number of rotatable bonds is 7. The van der Waals surface area contributed by atoms with Gasteiger partial charge in [-0.1, -0.05) is 12.8 Å². The second-order valence-corrected chi connectivity index (χ2v) is 8.68. The molecule has 2 aliphatic rings. The first kappa shape index (κ1) is 20.6. The molecule has 0 saturated heterocycles. The first-order valence-corrected chi connectivity index (χ1v) is 11.4. The Morgan fingerprint density at radius 2 is 1.97 bits per heavy atom. The fourth-order valence-electron chi connectivity index (χ4n) is 4.68. The molecule has 0 atom stereocenters. The summed E-state index contributed by atoms with van der Waals surface area (Å²) in [7, 11) is 0. The van der Waals surface area contributed by atoms with E-state index in [0.29, 0.717) is 11.4 Å². The van der Waals surface area contributed by atoms with Gasteiger partial charge in [0.15, 0.2) is 6.61 Å². The third-order valence-electron chi connectivity index (χ3n) is 6.24. The Bertz CT molecular complexity index is 1130. The van der Waals surface area contributed by atoms with E-state index in [1.807, 2.05) is 18.2 Å². The number of aryl methyl sites for hydroxylation is 2. The van der Waals surface area contributed by atoms with Crippen molar-refractivity contribution in [1.82, 2.24) is 15.1 Å². The van der Waals surface area contributed by atoms with Gasteiger partial charge in [-0.3, -0.25) is 14.3 Å². The Balaban J connectivity index is 1.13. The number of nitrogens with zero attached hydrogens (tertiary/aromatic N) is 2. The topological polar surface area (TPSA) is 98.4 Å². The summed E-state index contributed by atoms with van der Waals surface area (Å²) in [6, 6.07) is 5.96. The summed E-state index contributed by atoms with van der Waals surface area (Å²) >= 11 is 0. The van der Waals surface area contributed by atoms with Crippen molar-refractivity contribution in [3.63, 3.8) is 0 Å². The molecule has 0 unspecified atom stereocenters. The number of benzene rings is 1. The van der Waals surface area contributed by atoms with E-state index in [-0.39, 0.29) is 31.0 Å². The maximum atomic E-state index is 12.3. The number of fused-ring (bicyclic) bond motifs is 3. The number of ether oxygens (including phenoxy) is 1. The van der Waals surface area contributed by atoms with Crippen LogP contribution in [0.2, 0.25) is 0 Å². The van der Waals surface area contributed by atoms with Crippen LogP contribution in [0.4, 0.5) is 5.69 Å². The molecular weight excluding hydrogens is 408 g/mol. The van der Waals surface area contributed by atoms with Crippen molar-refractivity contribution in [2.75, 3.05) is 11.9 Å². The molecule has 0 bridgehead atoms. The zero-order valence-corrected chi connectivity index (χ0v) is 18.1. The lowest BCUT2D eigenvalue weighted by Crippen LogP contribution is -2.35. The number of hydrogen-bond acceptors (Lipinski definition) is 5. The lowest BCUT2D eigenvalue weighted by atomic mass is 9.96. The zero-order chi connectivity index (χ0) is 21.9. The third kappa shape index (κ3) is 4.64. The highest BCUT2D eigenvalue weighted by Crippen LogP contribution is 2.33. The van der Waals surface area contributed by atoms with Crippen LogP contribution in [-0.2, 0) is 29.0 Å². The van der Waals surface area contributed by atoms with E-state index in [2.05, 4.69) is 15.7 Å². The van der Waals surface area contributed by atoms with E-state index in [1.165, 1.54) is 35.7 Å². The van der Waals surface area contributed by atoms with Crippen LogP contribution in [0.5, 0.6) is 5.75 Å². The molecule has 8 heteroatoms. The maximum Gasteiger partial charge on any atom is 0.262 e. The molecule has 1 aromatic carbocycles. The summed E-state index contributed by atoms with van der Waals surface area (Å²) in [5.74, 6) is 1.38. The lowest BCUT2D eigenvalue weighted by Gasteiger charge is -2.11. The van der Waals surface area contributed by atoms with Crippen molar-refractivity contribution in [3.05, 3.63) is 41.9 Å². The van der Waals surface area contributed by atoms with Crippen molar-refractivity contribution >= 4 is 28.5 Å². The van der Waals surface area contributed by atoms with E-state index >= 15 is 0 Å². The predicted molar refractivity (Wildman–Crippen MR) is 120 cm³/mol. The van der Waals surface area contributed by atoms with E-state index < -0.39 is 0 Å². The molecule has 8 nitrogen and oxygen atoms in total. The zero-order valence-electron chi connectivity index (χ0n) is 18.1. The Morgan fingerprint density at radius 3 is 2.84 bits per heavy atom. The molecule has 2 heterocycles. The molecule has 0 radical (unpaired) electrons. The molecule has 0 spiro atoms. The van der Waals surface area contributed by atoms with Gasteiger partial charge in [-0.2, -0.15) is 5.10 Å². The van der Waals surface area contributed by atoms with Crippen molar-refractivity contribution in [3.8, 4) is 5.75 Å². The Labute approximate surface area is 186 Å². The van der Waals surface area contributed by atoms with Crippen LogP contribution in [-0.4, -0.2) is 34.2 Å². The van der Waals surface area contributed by atoms with Gasteiger partial charge in [-0.05, 0) is 50.3 Å². The molecule has 1 saturated carbocycles. The average molecular weight is 437 g/mol. The minimum absolute atomic E-state index is 0.0574.